The minimum atomic E-state index is -0.489. The summed E-state index contributed by atoms with van der Waals surface area (Å²) in [6.45, 7) is 9.78. The summed E-state index contributed by atoms with van der Waals surface area (Å²) >= 11 is 0. The highest BCUT2D eigenvalue weighted by Crippen LogP contribution is 2.77. The standard InChI is InChI=1S/C13H27BNS/c1-7-10(3)11-9-12-13(4,15(5)14-12)16(11,6)8-2/h10-12H,7-9H2,1-6H3. The summed E-state index contributed by atoms with van der Waals surface area (Å²) < 4.78 is 0. The third kappa shape index (κ3) is 1.31. The molecule has 0 amide bonds. The van der Waals surface area contributed by atoms with E-state index in [2.05, 4.69) is 53.2 Å². The molecule has 0 aliphatic carbocycles. The molecule has 93 valence electrons. The minimum Gasteiger partial charge on any atom is -0.338 e. The van der Waals surface area contributed by atoms with Crippen molar-refractivity contribution in [3.05, 3.63) is 0 Å². The molecule has 1 nitrogen and oxygen atoms in total. The topological polar surface area (TPSA) is 3.24 Å². The first-order valence-electron chi connectivity index (χ1n) is 6.74. The van der Waals surface area contributed by atoms with E-state index < -0.39 is 10.0 Å². The molecule has 2 aliphatic heterocycles. The van der Waals surface area contributed by atoms with Crippen LogP contribution in [0.25, 0.3) is 0 Å². The SMILES string of the molecule is CCC(C)C1CC2[B]N(C)C2(C)S1(C)CC. The summed E-state index contributed by atoms with van der Waals surface area (Å²) in [4.78, 5) is 3.04. The number of fused-ring (bicyclic) bond motifs is 1. The van der Waals surface area contributed by atoms with Gasteiger partial charge in [0.05, 0.1) is 0 Å². The molecule has 0 aromatic carbocycles. The van der Waals surface area contributed by atoms with Gasteiger partial charge in [0.15, 0.2) is 0 Å². The van der Waals surface area contributed by atoms with E-state index in [1.165, 1.54) is 18.6 Å². The van der Waals surface area contributed by atoms with Gasteiger partial charge in [-0.2, -0.15) is 0 Å². The molecular weight excluding hydrogens is 213 g/mol. The van der Waals surface area contributed by atoms with Crippen LogP contribution in [0.5, 0.6) is 0 Å². The summed E-state index contributed by atoms with van der Waals surface area (Å²) in [5.41, 5.74) is 0. The molecule has 2 heterocycles. The van der Waals surface area contributed by atoms with Gasteiger partial charge in [-0.15, -0.1) is 0 Å². The summed E-state index contributed by atoms with van der Waals surface area (Å²) in [5.74, 6) is 3.17. The van der Waals surface area contributed by atoms with Gasteiger partial charge in [-0.3, -0.25) is 0 Å². The molecule has 0 N–H and O–H groups in total. The van der Waals surface area contributed by atoms with Crippen molar-refractivity contribution in [2.24, 2.45) is 5.92 Å². The van der Waals surface area contributed by atoms with Gasteiger partial charge in [0, 0.05) is 4.87 Å². The fourth-order valence-corrected chi connectivity index (χ4v) is 9.02. The predicted octanol–water partition coefficient (Wildman–Crippen LogP) is 3.33. The third-order valence-corrected chi connectivity index (χ3v) is 11.4. The normalized spacial score (nSPS) is 53.4. The Hall–Kier alpha value is 0.375. The lowest BCUT2D eigenvalue weighted by Crippen LogP contribution is -2.62. The van der Waals surface area contributed by atoms with Crippen LogP contribution in [0, 0.1) is 5.92 Å². The third-order valence-electron chi connectivity index (χ3n) is 5.77. The van der Waals surface area contributed by atoms with Gasteiger partial charge in [-0.25, -0.2) is 10.0 Å². The monoisotopic (exact) mass is 240 g/mol. The Balaban J connectivity index is 2.31. The Morgan fingerprint density at radius 1 is 1.50 bits per heavy atom. The van der Waals surface area contributed by atoms with Crippen LogP contribution in [0.1, 0.15) is 40.5 Å². The maximum Gasteiger partial charge on any atom is 0.215 e. The zero-order valence-electron chi connectivity index (χ0n) is 11.8. The number of rotatable bonds is 3. The van der Waals surface area contributed by atoms with E-state index in [9.17, 15) is 0 Å². The lowest BCUT2D eigenvalue weighted by Gasteiger charge is -2.63. The van der Waals surface area contributed by atoms with Crippen molar-refractivity contribution in [2.45, 2.75) is 56.5 Å². The smallest absolute Gasteiger partial charge is 0.215 e. The minimum absolute atomic E-state index is 0.489. The molecule has 1 radical (unpaired) electrons. The van der Waals surface area contributed by atoms with E-state index in [0.717, 1.165) is 17.0 Å². The van der Waals surface area contributed by atoms with Crippen molar-refractivity contribution in [1.82, 2.24) is 4.81 Å². The molecule has 2 aliphatic rings. The average molecular weight is 240 g/mol. The number of hydrogen-bond donors (Lipinski definition) is 0. The Kier molecular flexibility index (Phi) is 3.16. The van der Waals surface area contributed by atoms with E-state index in [-0.39, 0.29) is 0 Å². The van der Waals surface area contributed by atoms with E-state index in [4.69, 9.17) is 0 Å². The zero-order valence-corrected chi connectivity index (χ0v) is 12.6. The molecule has 2 fully saturated rings. The van der Waals surface area contributed by atoms with Crippen LogP contribution >= 0.6 is 10.0 Å². The first-order chi connectivity index (χ1) is 7.41. The molecule has 0 aromatic heterocycles. The molecule has 5 atom stereocenters. The quantitative estimate of drug-likeness (QED) is 0.684. The second-order valence-corrected chi connectivity index (χ2v) is 10.4. The fourth-order valence-electron chi connectivity index (χ4n) is 3.97. The second kappa shape index (κ2) is 3.95. The molecule has 5 unspecified atom stereocenters. The van der Waals surface area contributed by atoms with Gasteiger partial charge in [0.25, 0.3) is 0 Å². The molecule has 0 bridgehead atoms. The predicted molar refractivity (Wildman–Crippen MR) is 77.6 cm³/mol. The van der Waals surface area contributed by atoms with Crippen molar-refractivity contribution >= 4 is 17.4 Å². The lowest BCUT2D eigenvalue weighted by molar-refractivity contribution is 0.276. The highest BCUT2D eigenvalue weighted by Gasteiger charge is 2.64. The summed E-state index contributed by atoms with van der Waals surface area (Å²) in [5, 5.41) is 0.985. The second-order valence-electron chi connectivity index (χ2n) is 6.03. The summed E-state index contributed by atoms with van der Waals surface area (Å²) in [7, 11) is 4.27. The molecule has 3 heteroatoms. The maximum absolute atomic E-state index is 2.62. The molecular formula is C13H27BNS. The van der Waals surface area contributed by atoms with Crippen molar-refractivity contribution < 1.29 is 0 Å². The Morgan fingerprint density at radius 2 is 2.12 bits per heavy atom. The number of hydrogen-bond acceptors (Lipinski definition) is 1. The van der Waals surface area contributed by atoms with Crippen molar-refractivity contribution in [3.8, 4) is 0 Å². The Labute approximate surface area is 104 Å². The largest absolute Gasteiger partial charge is 0.338 e. The first-order valence-corrected chi connectivity index (χ1v) is 9.01. The van der Waals surface area contributed by atoms with Gasteiger partial charge in [-0.05, 0) is 49.4 Å². The fraction of sp³-hybridized carbons (Fsp3) is 1.00. The molecule has 0 aromatic rings. The highest BCUT2D eigenvalue weighted by atomic mass is 32.3. The molecule has 0 spiro atoms. The average Bonchev–Trinajstić information content (AvgIpc) is 2.47. The first kappa shape index (κ1) is 12.8. The van der Waals surface area contributed by atoms with Gasteiger partial charge in [-0.1, -0.05) is 27.2 Å². The Morgan fingerprint density at radius 3 is 2.56 bits per heavy atom. The van der Waals surface area contributed by atoms with Crippen molar-refractivity contribution in [1.29, 1.82) is 0 Å². The molecule has 2 rings (SSSR count). The molecule has 0 saturated carbocycles. The van der Waals surface area contributed by atoms with Gasteiger partial charge in [0.2, 0.25) is 7.41 Å². The van der Waals surface area contributed by atoms with Crippen LogP contribution in [0.15, 0.2) is 0 Å². The molecule has 16 heavy (non-hydrogen) atoms. The van der Waals surface area contributed by atoms with Crippen LogP contribution < -0.4 is 0 Å². The van der Waals surface area contributed by atoms with Crippen LogP contribution in [0.3, 0.4) is 0 Å². The van der Waals surface area contributed by atoms with E-state index in [1.54, 1.807) is 0 Å². The Bertz CT molecular complexity index is 285. The summed E-state index contributed by atoms with van der Waals surface area (Å²) in [6, 6.07) is 0. The van der Waals surface area contributed by atoms with Crippen molar-refractivity contribution in [2.75, 3.05) is 19.1 Å². The van der Waals surface area contributed by atoms with Crippen LogP contribution in [0.2, 0.25) is 5.82 Å². The van der Waals surface area contributed by atoms with E-state index >= 15 is 0 Å². The molecule has 2 saturated heterocycles. The maximum atomic E-state index is 2.62. The summed E-state index contributed by atoms with van der Waals surface area (Å²) in [6.07, 6.45) is 5.42. The zero-order chi connectivity index (χ0) is 12.1. The highest BCUT2D eigenvalue weighted by molar-refractivity contribution is 8.35. The van der Waals surface area contributed by atoms with Gasteiger partial charge < -0.3 is 4.81 Å². The lowest BCUT2D eigenvalue weighted by atomic mass is 9.57. The van der Waals surface area contributed by atoms with Gasteiger partial charge in [0.1, 0.15) is 0 Å². The van der Waals surface area contributed by atoms with Crippen LogP contribution in [-0.4, -0.2) is 41.4 Å². The van der Waals surface area contributed by atoms with Crippen molar-refractivity contribution in [3.63, 3.8) is 0 Å². The van der Waals surface area contributed by atoms with Crippen LogP contribution in [-0.2, 0) is 0 Å². The van der Waals surface area contributed by atoms with E-state index in [0.29, 0.717) is 4.87 Å². The van der Waals surface area contributed by atoms with Crippen LogP contribution in [0.4, 0.5) is 0 Å². The van der Waals surface area contributed by atoms with Gasteiger partial charge >= 0.3 is 0 Å². The van der Waals surface area contributed by atoms with E-state index in [1.807, 2.05) is 0 Å². The number of nitrogens with zero attached hydrogens (tertiary/aromatic N) is 1.